The predicted molar refractivity (Wildman–Crippen MR) is 90.7 cm³/mol. The molecule has 1 heterocycles. The molecule has 3 rings (SSSR count). The molecule has 1 aliphatic carbocycles. The first kappa shape index (κ1) is 15.5. The number of carbonyl (C=O) groups excluding carboxylic acids is 1. The molecule has 1 aliphatic rings. The highest BCUT2D eigenvalue weighted by molar-refractivity contribution is 5.96. The van der Waals surface area contributed by atoms with E-state index in [0.29, 0.717) is 12.1 Å². The summed E-state index contributed by atoms with van der Waals surface area (Å²) in [5.74, 6) is -0.362. The Hall–Kier alpha value is -2.36. The summed E-state index contributed by atoms with van der Waals surface area (Å²) in [5, 5.41) is 3.59. The van der Waals surface area contributed by atoms with Gasteiger partial charge in [0, 0.05) is 11.9 Å². The third kappa shape index (κ3) is 3.70. The summed E-state index contributed by atoms with van der Waals surface area (Å²) in [6, 6.07) is 7.15. The van der Waals surface area contributed by atoms with Gasteiger partial charge >= 0.3 is 5.63 Å². The summed E-state index contributed by atoms with van der Waals surface area (Å²) in [4.78, 5) is 24.2. The summed E-state index contributed by atoms with van der Waals surface area (Å²) in [5.41, 5.74) is 2.45. The van der Waals surface area contributed by atoms with Gasteiger partial charge in [0.1, 0.15) is 11.1 Å². The molecule has 2 aromatic rings. The second-order valence-electron chi connectivity index (χ2n) is 6.10. The van der Waals surface area contributed by atoms with Gasteiger partial charge in [-0.05, 0) is 57.2 Å². The summed E-state index contributed by atoms with van der Waals surface area (Å²) in [6.07, 6.45) is 7.86. The minimum Gasteiger partial charge on any atom is -0.422 e. The second-order valence-corrected chi connectivity index (χ2v) is 6.10. The molecule has 0 saturated carbocycles. The number of rotatable bonds is 4. The highest BCUT2D eigenvalue weighted by Gasteiger charge is 2.13. The van der Waals surface area contributed by atoms with E-state index in [1.54, 1.807) is 12.1 Å². The first-order valence-electron chi connectivity index (χ1n) is 8.14. The third-order valence-electron chi connectivity index (χ3n) is 4.25. The van der Waals surface area contributed by atoms with Crippen molar-refractivity contribution in [3.63, 3.8) is 0 Å². The molecule has 1 N–H and O–H groups in total. The van der Waals surface area contributed by atoms with E-state index in [-0.39, 0.29) is 11.5 Å². The first-order chi connectivity index (χ1) is 11.1. The van der Waals surface area contributed by atoms with Gasteiger partial charge in [-0.25, -0.2) is 4.79 Å². The molecule has 0 atom stereocenters. The fourth-order valence-electron chi connectivity index (χ4n) is 2.96. The number of nitrogens with one attached hydrogen (secondary N) is 1. The van der Waals surface area contributed by atoms with Gasteiger partial charge in [0.15, 0.2) is 0 Å². The molecule has 120 valence electrons. The molecule has 0 saturated heterocycles. The molecule has 0 aliphatic heterocycles. The van der Waals surface area contributed by atoms with Gasteiger partial charge in [-0.15, -0.1) is 0 Å². The van der Waals surface area contributed by atoms with E-state index < -0.39 is 5.63 Å². The third-order valence-corrected chi connectivity index (χ3v) is 4.25. The highest BCUT2D eigenvalue weighted by Crippen LogP contribution is 2.19. The molecule has 0 unspecified atom stereocenters. The first-order valence-corrected chi connectivity index (χ1v) is 8.14. The lowest BCUT2D eigenvalue weighted by Crippen LogP contribution is -2.29. The van der Waals surface area contributed by atoms with Crippen LogP contribution in [0.5, 0.6) is 0 Å². The van der Waals surface area contributed by atoms with E-state index in [1.807, 2.05) is 19.1 Å². The van der Waals surface area contributed by atoms with Crippen molar-refractivity contribution >= 4 is 16.9 Å². The van der Waals surface area contributed by atoms with Crippen LogP contribution >= 0.6 is 0 Å². The summed E-state index contributed by atoms with van der Waals surface area (Å²) in [6.45, 7) is 2.51. The van der Waals surface area contributed by atoms with E-state index >= 15 is 0 Å². The standard InChI is InChI=1S/C19H21NO3/c1-13-7-8-17-15(11-13)12-16(19(22)23-17)18(21)20-10-9-14-5-3-2-4-6-14/h5,7-8,11-12H,2-4,6,9-10H2,1H3,(H,20,21). The zero-order valence-electron chi connectivity index (χ0n) is 13.4. The molecular weight excluding hydrogens is 290 g/mol. The Morgan fingerprint density at radius 2 is 2.13 bits per heavy atom. The van der Waals surface area contributed by atoms with Crippen LogP contribution in [0.3, 0.4) is 0 Å². The minimum absolute atomic E-state index is 0.0701. The number of aryl methyl sites for hydroxylation is 1. The lowest BCUT2D eigenvalue weighted by Gasteiger charge is -2.12. The number of fused-ring (bicyclic) bond motifs is 1. The highest BCUT2D eigenvalue weighted by atomic mass is 16.4. The van der Waals surface area contributed by atoms with Gasteiger partial charge in [0.2, 0.25) is 0 Å². The van der Waals surface area contributed by atoms with E-state index in [2.05, 4.69) is 11.4 Å². The van der Waals surface area contributed by atoms with Gasteiger partial charge < -0.3 is 9.73 Å². The van der Waals surface area contributed by atoms with E-state index in [1.165, 1.54) is 18.4 Å². The van der Waals surface area contributed by atoms with Crippen LogP contribution in [0.15, 0.2) is 45.1 Å². The largest absolute Gasteiger partial charge is 0.422 e. The molecule has 1 amide bonds. The molecule has 0 radical (unpaired) electrons. The maximum Gasteiger partial charge on any atom is 0.349 e. The monoisotopic (exact) mass is 311 g/mol. The number of carbonyl (C=O) groups is 1. The average molecular weight is 311 g/mol. The van der Waals surface area contributed by atoms with Crippen LogP contribution in [-0.2, 0) is 0 Å². The van der Waals surface area contributed by atoms with Crippen molar-refractivity contribution in [1.82, 2.24) is 5.32 Å². The molecule has 23 heavy (non-hydrogen) atoms. The van der Waals surface area contributed by atoms with E-state index in [4.69, 9.17) is 4.42 Å². The number of benzene rings is 1. The van der Waals surface area contributed by atoms with Crippen LogP contribution in [0.25, 0.3) is 11.0 Å². The Morgan fingerprint density at radius 1 is 1.26 bits per heavy atom. The maximum atomic E-state index is 12.2. The summed E-state index contributed by atoms with van der Waals surface area (Å²) < 4.78 is 5.24. The topological polar surface area (TPSA) is 59.3 Å². The van der Waals surface area contributed by atoms with Gasteiger partial charge in [-0.3, -0.25) is 4.79 Å². The van der Waals surface area contributed by atoms with Crippen molar-refractivity contribution in [1.29, 1.82) is 0 Å². The number of hydrogen-bond donors (Lipinski definition) is 1. The molecule has 1 aromatic carbocycles. The fraction of sp³-hybridized carbons (Fsp3) is 0.368. The number of amides is 1. The molecule has 0 fully saturated rings. The Morgan fingerprint density at radius 3 is 2.91 bits per heavy atom. The van der Waals surface area contributed by atoms with Crippen molar-refractivity contribution in [3.8, 4) is 0 Å². The smallest absolute Gasteiger partial charge is 0.349 e. The molecular formula is C19H21NO3. The Kier molecular flexibility index (Phi) is 4.60. The number of hydrogen-bond acceptors (Lipinski definition) is 3. The summed E-state index contributed by atoms with van der Waals surface area (Å²) >= 11 is 0. The lowest BCUT2D eigenvalue weighted by atomic mass is 9.97. The van der Waals surface area contributed by atoms with Crippen LogP contribution in [0.2, 0.25) is 0 Å². The Bertz CT molecular complexity index is 817. The lowest BCUT2D eigenvalue weighted by molar-refractivity contribution is 0.0950. The summed E-state index contributed by atoms with van der Waals surface area (Å²) in [7, 11) is 0. The molecule has 0 bridgehead atoms. The van der Waals surface area contributed by atoms with Crippen LogP contribution < -0.4 is 10.9 Å². The fourth-order valence-corrected chi connectivity index (χ4v) is 2.96. The van der Waals surface area contributed by atoms with Crippen LogP contribution in [0, 0.1) is 6.92 Å². The number of allylic oxidation sites excluding steroid dienone is 1. The van der Waals surface area contributed by atoms with Crippen molar-refractivity contribution in [3.05, 3.63) is 57.5 Å². The van der Waals surface area contributed by atoms with Crippen LogP contribution in [0.1, 0.15) is 48.0 Å². The van der Waals surface area contributed by atoms with Gasteiger partial charge in [0.25, 0.3) is 5.91 Å². The van der Waals surface area contributed by atoms with Gasteiger partial charge in [-0.2, -0.15) is 0 Å². The van der Waals surface area contributed by atoms with E-state index in [0.717, 1.165) is 30.2 Å². The van der Waals surface area contributed by atoms with Crippen molar-refractivity contribution in [2.45, 2.75) is 39.0 Å². The minimum atomic E-state index is -0.587. The van der Waals surface area contributed by atoms with Gasteiger partial charge in [0.05, 0.1) is 0 Å². The van der Waals surface area contributed by atoms with Crippen molar-refractivity contribution in [2.24, 2.45) is 0 Å². The second kappa shape index (κ2) is 6.82. The maximum absolute atomic E-state index is 12.2. The Labute approximate surface area is 135 Å². The quantitative estimate of drug-likeness (QED) is 0.691. The molecule has 4 heteroatoms. The van der Waals surface area contributed by atoms with Crippen LogP contribution in [-0.4, -0.2) is 12.5 Å². The zero-order valence-corrected chi connectivity index (χ0v) is 13.4. The predicted octanol–water partition coefficient (Wildman–Crippen LogP) is 3.72. The Balaban J connectivity index is 1.71. The van der Waals surface area contributed by atoms with Crippen LogP contribution in [0.4, 0.5) is 0 Å². The zero-order chi connectivity index (χ0) is 16.2. The van der Waals surface area contributed by atoms with E-state index in [9.17, 15) is 9.59 Å². The SMILES string of the molecule is Cc1ccc2oc(=O)c(C(=O)NCCC3=CCCCC3)cc2c1. The van der Waals surface area contributed by atoms with Crippen molar-refractivity contribution < 1.29 is 9.21 Å². The van der Waals surface area contributed by atoms with Gasteiger partial charge in [-0.1, -0.05) is 23.3 Å². The normalized spacial score (nSPS) is 14.6. The molecule has 1 aromatic heterocycles. The average Bonchev–Trinajstić information content (AvgIpc) is 2.55. The molecule has 4 nitrogen and oxygen atoms in total. The molecule has 0 spiro atoms. The van der Waals surface area contributed by atoms with Crippen molar-refractivity contribution in [2.75, 3.05) is 6.54 Å².